The normalized spacial score (nSPS) is 23.4. The van der Waals surface area contributed by atoms with E-state index in [4.69, 9.17) is 5.73 Å². The van der Waals surface area contributed by atoms with Crippen LogP contribution < -0.4 is 11.1 Å². The smallest absolute Gasteiger partial charge is 0.129 e. The summed E-state index contributed by atoms with van der Waals surface area (Å²) in [5, 5.41) is 3.44. The molecule has 5 nitrogen and oxygen atoms in total. The molecule has 0 radical (unpaired) electrons. The molecule has 0 unspecified atom stereocenters. The Hall–Kier alpha value is -1.98. The predicted molar refractivity (Wildman–Crippen MR) is 100 cm³/mol. The summed E-state index contributed by atoms with van der Waals surface area (Å²) in [4.78, 5) is 11.3. The first-order valence-electron chi connectivity index (χ1n) is 9.38. The molecule has 1 saturated carbocycles. The second-order valence-corrected chi connectivity index (χ2v) is 7.41. The number of hydrogen-bond donors (Lipinski definition) is 2. The van der Waals surface area contributed by atoms with Gasteiger partial charge in [0.15, 0.2) is 0 Å². The van der Waals surface area contributed by atoms with Gasteiger partial charge in [0.1, 0.15) is 12.1 Å². The van der Waals surface area contributed by atoms with Crippen molar-refractivity contribution in [3.8, 4) is 0 Å². The Morgan fingerprint density at radius 1 is 1.08 bits per heavy atom. The molecule has 2 aromatic rings. The second-order valence-electron chi connectivity index (χ2n) is 7.41. The summed E-state index contributed by atoms with van der Waals surface area (Å²) in [7, 11) is 0. The maximum Gasteiger partial charge on any atom is 0.129 e. The summed E-state index contributed by atoms with van der Waals surface area (Å²) in [6.45, 7) is 4.32. The molecule has 132 valence electrons. The van der Waals surface area contributed by atoms with Crippen LogP contribution in [0.4, 0.5) is 5.82 Å². The fraction of sp³-hybridized carbons (Fsp3) is 0.500. The Kier molecular flexibility index (Phi) is 4.95. The zero-order valence-electron chi connectivity index (χ0n) is 14.7. The highest BCUT2D eigenvalue weighted by molar-refractivity contribution is 5.38. The summed E-state index contributed by atoms with van der Waals surface area (Å²) >= 11 is 0. The quantitative estimate of drug-likeness (QED) is 0.848. The van der Waals surface area contributed by atoms with Crippen LogP contribution in [-0.4, -0.2) is 34.0 Å². The van der Waals surface area contributed by atoms with E-state index in [2.05, 4.69) is 50.5 Å². The van der Waals surface area contributed by atoms with Gasteiger partial charge < -0.3 is 11.1 Å². The Labute approximate surface area is 149 Å². The fourth-order valence-corrected chi connectivity index (χ4v) is 3.83. The predicted octanol–water partition coefficient (Wildman–Crippen LogP) is 2.89. The van der Waals surface area contributed by atoms with Gasteiger partial charge in [-0.3, -0.25) is 4.90 Å². The topological polar surface area (TPSA) is 67.1 Å². The van der Waals surface area contributed by atoms with Crippen LogP contribution in [0.3, 0.4) is 0 Å². The van der Waals surface area contributed by atoms with E-state index in [1.54, 1.807) is 6.33 Å². The lowest BCUT2D eigenvalue weighted by molar-refractivity contribution is 0.331. The molecule has 1 saturated heterocycles. The van der Waals surface area contributed by atoms with Gasteiger partial charge in [0, 0.05) is 36.8 Å². The average molecular weight is 337 g/mol. The third-order valence-corrected chi connectivity index (χ3v) is 5.35. The van der Waals surface area contributed by atoms with E-state index in [1.165, 1.54) is 37.1 Å². The van der Waals surface area contributed by atoms with Crippen molar-refractivity contribution in [3.63, 3.8) is 0 Å². The maximum atomic E-state index is 5.89. The van der Waals surface area contributed by atoms with E-state index in [-0.39, 0.29) is 0 Å². The molecule has 3 N–H and O–H groups in total. The molecule has 0 spiro atoms. The molecule has 0 bridgehead atoms. The molecule has 4 rings (SSSR count). The van der Waals surface area contributed by atoms with Gasteiger partial charge in [-0.25, -0.2) is 9.97 Å². The van der Waals surface area contributed by atoms with Crippen molar-refractivity contribution >= 4 is 5.82 Å². The van der Waals surface area contributed by atoms with Gasteiger partial charge in [-0.15, -0.1) is 0 Å². The van der Waals surface area contributed by atoms with Crippen LogP contribution >= 0.6 is 0 Å². The number of nitrogens with zero attached hydrogens (tertiary/aromatic N) is 3. The van der Waals surface area contributed by atoms with Crippen molar-refractivity contribution in [2.75, 3.05) is 18.4 Å². The number of anilines is 1. The van der Waals surface area contributed by atoms with Crippen molar-refractivity contribution in [2.24, 2.45) is 5.73 Å². The average Bonchev–Trinajstić information content (AvgIpc) is 3.11. The lowest BCUT2D eigenvalue weighted by atomic mass is 9.79. The SMILES string of the molecule is NC1CC(c2cc(NCc3cccc(CN4CCCC4)c3)ncn2)C1. The summed E-state index contributed by atoms with van der Waals surface area (Å²) in [5.74, 6) is 1.40. The lowest BCUT2D eigenvalue weighted by Crippen LogP contribution is -2.35. The first kappa shape index (κ1) is 16.5. The van der Waals surface area contributed by atoms with E-state index in [0.717, 1.165) is 37.4 Å². The summed E-state index contributed by atoms with van der Waals surface area (Å²) in [5.41, 5.74) is 9.69. The van der Waals surface area contributed by atoms with Crippen LogP contribution in [0.25, 0.3) is 0 Å². The minimum absolute atomic E-state index is 0.342. The molecule has 2 heterocycles. The number of benzene rings is 1. The van der Waals surface area contributed by atoms with Gasteiger partial charge in [0.05, 0.1) is 0 Å². The lowest BCUT2D eigenvalue weighted by Gasteiger charge is -2.31. The van der Waals surface area contributed by atoms with E-state index < -0.39 is 0 Å². The van der Waals surface area contributed by atoms with E-state index in [0.29, 0.717) is 12.0 Å². The second kappa shape index (κ2) is 7.50. The number of nitrogens with one attached hydrogen (secondary N) is 1. The number of likely N-dealkylation sites (tertiary alicyclic amines) is 1. The molecule has 0 amide bonds. The van der Waals surface area contributed by atoms with Crippen LogP contribution in [0, 0.1) is 0 Å². The Balaban J connectivity index is 1.35. The van der Waals surface area contributed by atoms with Crippen LogP contribution in [0.2, 0.25) is 0 Å². The van der Waals surface area contributed by atoms with Crippen LogP contribution in [0.5, 0.6) is 0 Å². The van der Waals surface area contributed by atoms with Gasteiger partial charge in [0.2, 0.25) is 0 Å². The molecule has 1 aromatic heterocycles. The van der Waals surface area contributed by atoms with Crippen molar-refractivity contribution in [1.82, 2.24) is 14.9 Å². The molecule has 1 aliphatic heterocycles. The molecule has 5 heteroatoms. The van der Waals surface area contributed by atoms with Crippen molar-refractivity contribution in [2.45, 2.75) is 50.7 Å². The summed E-state index contributed by atoms with van der Waals surface area (Å²) < 4.78 is 0. The van der Waals surface area contributed by atoms with E-state index >= 15 is 0 Å². The number of hydrogen-bond acceptors (Lipinski definition) is 5. The van der Waals surface area contributed by atoms with E-state index in [1.807, 2.05) is 0 Å². The number of rotatable bonds is 6. The largest absolute Gasteiger partial charge is 0.366 e. The van der Waals surface area contributed by atoms with Crippen LogP contribution in [0.1, 0.15) is 48.4 Å². The van der Waals surface area contributed by atoms with Crippen LogP contribution in [0.15, 0.2) is 36.7 Å². The minimum atomic E-state index is 0.342. The third-order valence-electron chi connectivity index (χ3n) is 5.35. The van der Waals surface area contributed by atoms with Crippen molar-refractivity contribution < 1.29 is 0 Å². The fourth-order valence-electron chi connectivity index (χ4n) is 3.83. The van der Waals surface area contributed by atoms with Gasteiger partial charge in [-0.2, -0.15) is 0 Å². The molecule has 2 fully saturated rings. The number of aromatic nitrogens is 2. The Morgan fingerprint density at radius 3 is 2.68 bits per heavy atom. The molecular weight excluding hydrogens is 310 g/mol. The molecule has 1 aliphatic carbocycles. The third kappa shape index (κ3) is 4.17. The molecule has 25 heavy (non-hydrogen) atoms. The zero-order chi connectivity index (χ0) is 17.1. The maximum absolute atomic E-state index is 5.89. The van der Waals surface area contributed by atoms with Crippen molar-refractivity contribution in [3.05, 3.63) is 53.5 Å². The standard InChI is InChI=1S/C20H27N5/c21-18-9-17(10-18)19-11-20(24-14-23-19)22-12-15-4-3-5-16(8-15)13-25-6-1-2-7-25/h3-5,8,11,14,17-18H,1-2,6-7,9-10,12-13,21H2,(H,22,23,24). The first-order valence-corrected chi connectivity index (χ1v) is 9.38. The van der Waals surface area contributed by atoms with Crippen LogP contribution in [-0.2, 0) is 13.1 Å². The van der Waals surface area contributed by atoms with Crippen molar-refractivity contribution in [1.29, 1.82) is 0 Å². The van der Waals surface area contributed by atoms with Gasteiger partial charge in [-0.05, 0) is 49.9 Å². The monoisotopic (exact) mass is 337 g/mol. The minimum Gasteiger partial charge on any atom is -0.366 e. The first-order chi connectivity index (χ1) is 12.3. The van der Waals surface area contributed by atoms with Gasteiger partial charge in [0.25, 0.3) is 0 Å². The highest BCUT2D eigenvalue weighted by Gasteiger charge is 2.28. The van der Waals surface area contributed by atoms with Gasteiger partial charge >= 0.3 is 0 Å². The zero-order valence-corrected chi connectivity index (χ0v) is 14.7. The summed E-state index contributed by atoms with van der Waals surface area (Å²) in [6.07, 6.45) is 6.40. The molecule has 1 aromatic carbocycles. The highest BCUT2D eigenvalue weighted by Crippen LogP contribution is 2.34. The van der Waals surface area contributed by atoms with Gasteiger partial charge in [-0.1, -0.05) is 24.3 Å². The molecule has 2 aliphatic rings. The van der Waals surface area contributed by atoms with E-state index in [9.17, 15) is 0 Å². The highest BCUT2D eigenvalue weighted by atomic mass is 15.1. The summed E-state index contributed by atoms with van der Waals surface area (Å²) in [6, 6.07) is 11.3. The molecule has 0 atom stereocenters. The molecular formula is C20H27N5. The Bertz CT molecular complexity index is 705. The Morgan fingerprint density at radius 2 is 1.88 bits per heavy atom. The number of nitrogens with two attached hydrogens (primary N) is 1.